The molecule has 0 bridgehead atoms. The number of carbonyl (C=O) groups is 2. The molecule has 0 aliphatic rings. The van der Waals surface area contributed by atoms with Crippen LogP contribution in [0.5, 0.6) is 0 Å². The number of hydrogen-bond donors (Lipinski definition) is 2. The molecule has 0 atom stereocenters. The van der Waals surface area contributed by atoms with E-state index >= 15 is 0 Å². The minimum absolute atomic E-state index is 0.284. The SMILES string of the molecule is NC(=O)c1ccsc1NC(=O)C=Cc1cccs1. The highest BCUT2D eigenvalue weighted by molar-refractivity contribution is 7.14. The molecule has 0 unspecified atom stereocenters. The lowest BCUT2D eigenvalue weighted by molar-refractivity contribution is -0.111. The van der Waals surface area contributed by atoms with Crippen LogP contribution in [-0.4, -0.2) is 11.8 Å². The van der Waals surface area contributed by atoms with E-state index in [-0.39, 0.29) is 5.91 Å². The number of nitrogens with two attached hydrogens (primary N) is 1. The summed E-state index contributed by atoms with van der Waals surface area (Å²) < 4.78 is 0. The maximum absolute atomic E-state index is 11.6. The lowest BCUT2D eigenvalue weighted by Gasteiger charge is -2.00. The third-order valence-corrected chi connectivity index (χ3v) is 3.78. The molecule has 2 amide bonds. The zero-order valence-corrected chi connectivity index (χ0v) is 10.9. The predicted molar refractivity (Wildman–Crippen MR) is 74.8 cm³/mol. The zero-order valence-electron chi connectivity index (χ0n) is 9.25. The third kappa shape index (κ3) is 3.06. The second kappa shape index (κ2) is 5.61. The maximum atomic E-state index is 11.6. The maximum Gasteiger partial charge on any atom is 0.251 e. The minimum atomic E-state index is -0.547. The van der Waals surface area contributed by atoms with Gasteiger partial charge in [0.1, 0.15) is 5.00 Å². The van der Waals surface area contributed by atoms with E-state index in [9.17, 15) is 9.59 Å². The van der Waals surface area contributed by atoms with E-state index in [0.29, 0.717) is 10.6 Å². The van der Waals surface area contributed by atoms with E-state index in [1.54, 1.807) is 28.9 Å². The lowest BCUT2D eigenvalue weighted by atomic mass is 10.3. The molecule has 0 saturated carbocycles. The van der Waals surface area contributed by atoms with Crippen molar-refractivity contribution in [3.63, 3.8) is 0 Å². The highest BCUT2D eigenvalue weighted by atomic mass is 32.1. The van der Waals surface area contributed by atoms with Gasteiger partial charge in [-0.15, -0.1) is 22.7 Å². The molecule has 0 aliphatic carbocycles. The first-order valence-electron chi connectivity index (χ1n) is 5.06. The summed E-state index contributed by atoms with van der Waals surface area (Å²) in [6.07, 6.45) is 3.15. The van der Waals surface area contributed by atoms with Crippen LogP contribution < -0.4 is 11.1 Å². The van der Waals surface area contributed by atoms with E-state index in [0.717, 1.165) is 4.88 Å². The van der Waals surface area contributed by atoms with E-state index in [1.807, 2.05) is 17.5 Å². The second-order valence-electron chi connectivity index (χ2n) is 3.37. The topological polar surface area (TPSA) is 72.2 Å². The first kappa shape index (κ1) is 12.5. The summed E-state index contributed by atoms with van der Waals surface area (Å²) in [5.41, 5.74) is 5.52. The molecule has 0 saturated heterocycles. The van der Waals surface area contributed by atoms with Crippen LogP contribution in [0.25, 0.3) is 6.08 Å². The van der Waals surface area contributed by atoms with Gasteiger partial charge in [-0.05, 0) is 29.0 Å². The number of nitrogens with one attached hydrogen (secondary N) is 1. The molecular weight excluding hydrogens is 268 g/mol. The van der Waals surface area contributed by atoms with Crippen molar-refractivity contribution in [1.29, 1.82) is 0 Å². The van der Waals surface area contributed by atoms with Crippen molar-refractivity contribution < 1.29 is 9.59 Å². The number of primary amides is 1. The van der Waals surface area contributed by atoms with E-state index in [4.69, 9.17) is 5.73 Å². The van der Waals surface area contributed by atoms with Crippen molar-refractivity contribution in [1.82, 2.24) is 0 Å². The summed E-state index contributed by atoms with van der Waals surface area (Å²) in [5.74, 6) is -0.831. The van der Waals surface area contributed by atoms with Crippen LogP contribution in [0, 0.1) is 0 Å². The normalized spacial score (nSPS) is 10.7. The first-order chi connectivity index (χ1) is 8.66. The van der Waals surface area contributed by atoms with Gasteiger partial charge in [-0.1, -0.05) is 6.07 Å². The number of carbonyl (C=O) groups excluding carboxylic acids is 2. The Kier molecular flexibility index (Phi) is 3.91. The molecule has 4 nitrogen and oxygen atoms in total. The molecular formula is C12H10N2O2S2. The zero-order chi connectivity index (χ0) is 13.0. The fourth-order valence-corrected chi connectivity index (χ4v) is 2.71. The number of amides is 2. The quantitative estimate of drug-likeness (QED) is 0.844. The van der Waals surface area contributed by atoms with E-state index in [1.165, 1.54) is 17.4 Å². The number of hydrogen-bond acceptors (Lipinski definition) is 4. The van der Waals surface area contributed by atoms with Gasteiger partial charge in [0.25, 0.3) is 5.91 Å². The number of rotatable bonds is 4. The Bertz CT molecular complexity index is 585. The summed E-state index contributed by atoms with van der Waals surface area (Å²) in [5, 5.41) is 6.75. The molecule has 2 aromatic rings. The largest absolute Gasteiger partial charge is 0.366 e. The van der Waals surface area contributed by atoms with Gasteiger partial charge in [0.15, 0.2) is 0 Å². The highest BCUT2D eigenvalue weighted by Gasteiger charge is 2.10. The fraction of sp³-hybridized carbons (Fsp3) is 0. The Balaban J connectivity index is 2.03. The average molecular weight is 278 g/mol. The molecule has 0 spiro atoms. The summed E-state index contributed by atoms with van der Waals surface area (Å²) in [6.45, 7) is 0. The highest BCUT2D eigenvalue weighted by Crippen LogP contribution is 2.22. The molecule has 0 aliphatic heterocycles. The van der Waals surface area contributed by atoms with E-state index in [2.05, 4.69) is 5.32 Å². The summed E-state index contributed by atoms with van der Waals surface area (Å²) >= 11 is 2.81. The monoisotopic (exact) mass is 278 g/mol. The van der Waals surface area contributed by atoms with Gasteiger partial charge in [-0.2, -0.15) is 0 Å². The van der Waals surface area contributed by atoms with Crippen LogP contribution in [0.3, 0.4) is 0 Å². The molecule has 92 valence electrons. The summed E-state index contributed by atoms with van der Waals surface area (Å²) in [6, 6.07) is 5.41. The Hall–Kier alpha value is -1.92. The van der Waals surface area contributed by atoms with Crippen LogP contribution in [0.1, 0.15) is 15.2 Å². The van der Waals surface area contributed by atoms with Gasteiger partial charge in [-0.3, -0.25) is 9.59 Å². The van der Waals surface area contributed by atoms with Gasteiger partial charge in [0, 0.05) is 11.0 Å². The molecule has 6 heteroatoms. The summed E-state index contributed by atoms with van der Waals surface area (Å²) in [4.78, 5) is 23.7. The van der Waals surface area contributed by atoms with Gasteiger partial charge < -0.3 is 11.1 Å². The molecule has 0 aromatic carbocycles. The van der Waals surface area contributed by atoms with Gasteiger partial charge in [0.2, 0.25) is 5.91 Å². The Labute approximate surface area is 112 Å². The van der Waals surface area contributed by atoms with Crippen LogP contribution in [0.15, 0.2) is 35.0 Å². The third-order valence-electron chi connectivity index (χ3n) is 2.11. The molecule has 2 heterocycles. The van der Waals surface area contributed by atoms with Crippen molar-refractivity contribution in [2.75, 3.05) is 5.32 Å². The molecule has 2 aromatic heterocycles. The first-order valence-corrected chi connectivity index (χ1v) is 6.82. The molecule has 2 rings (SSSR count). The van der Waals surface area contributed by atoms with Gasteiger partial charge in [-0.25, -0.2) is 0 Å². The number of anilines is 1. The fourth-order valence-electron chi connectivity index (χ4n) is 1.30. The lowest BCUT2D eigenvalue weighted by Crippen LogP contribution is -2.14. The molecule has 0 fully saturated rings. The molecule has 18 heavy (non-hydrogen) atoms. The van der Waals surface area contributed by atoms with Crippen LogP contribution in [-0.2, 0) is 4.79 Å². The van der Waals surface area contributed by atoms with Crippen molar-refractivity contribution in [2.24, 2.45) is 5.73 Å². The van der Waals surface area contributed by atoms with Crippen molar-refractivity contribution >= 4 is 45.6 Å². The van der Waals surface area contributed by atoms with Crippen LogP contribution >= 0.6 is 22.7 Å². The Morgan fingerprint density at radius 1 is 1.22 bits per heavy atom. The smallest absolute Gasteiger partial charge is 0.251 e. The van der Waals surface area contributed by atoms with Crippen LogP contribution in [0.4, 0.5) is 5.00 Å². The van der Waals surface area contributed by atoms with Gasteiger partial charge in [0.05, 0.1) is 5.56 Å². The van der Waals surface area contributed by atoms with Crippen molar-refractivity contribution in [2.45, 2.75) is 0 Å². The predicted octanol–water partition coefficient (Wildman–Crippen LogP) is 2.56. The van der Waals surface area contributed by atoms with E-state index < -0.39 is 5.91 Å². The Morgan fingerprint density at radius 2 is 2.06 bits per heavy atom. The average Bonchev–Trinajstić information content (AvgIpc) is 2.96. The number of thiophene rings is 2. The van der Waals surface area contributed by atoms with Crippen molar-refractivity contribution in [3.8, 4) is 0 Å². The van der Waals surface area contributed by atoms with Crippen LogP contribution in [0.2, 0.25) is 0 Å². The van der Waals surface area contributed by atoms with Gasteiger partial charge >= 0.3 is 0 Å². The van der Waals surface area contributed by atoms with Crippen molar-refractivity contribution in [3.05, 3.63) is 45.5 Å². The molecule has 0 radical (unpaired) electrons. The second-order valence-corrected chi connectivity index (χ2v) is 5.26. The standard InChI is InChI=1S/C12H10N2O2S2/c13-11(16)9-5-7-18-12(9)14-10(15)4-3-8-2-1-6-17-8/h1-7H,(H2,13,16)(H,14,15). The minimum Gasteiger partial charge on any atom is -0.366 e. The summed E-state index contributed by atoms with van der Waals surface area (Å²) in [7, 11) is 0. The molecule has 3 N–H and O–H groups in total. The Morgan fingerprint density at radius 3 is 2.72 bits per heavy atom.